The number of ether oxygens (including phenoxy) is 1. The molecule has 31 nitrogen and oxygen atoms in total. The third-order valence-corrected chi connectivity index (χ3v) is 13.3. The Balaban J connectivity index is 4.01. The quantitative estimate of drug-likeness (QED) is 0.0151. The number of nitrogens with one attached hydrogen (secondary N) is 9. The number of nitrogens with two attached hydrogens (primary N) is 3. The number of aliphatic carboxylic acids is 2. The van der Waals surface area contributed by atoms with Gasteiger partial charge in [-0.15, -0.1) is 11.6 Å². The summed E-state index contributed by atoms with van der Waals surface area (Å²) in [6.45, 7) is 2.61. The minimum Gasteiger partial charge on any atom is -0.481 e. The van der Waals surface area contributed by atoms with Crippen LogP contribution in [0.25, 0.3) is 0 Å². The first-order chi connectivity index (χ1) is 39.3. The molecule has 0 radical (unpaired) electrons. The van der Waals surface area contributed by atoms with Crippen molar-refractivity contribution in [3.63, 3.8) is 0 Å². The van der Waals surface area contributed by atoms with Gasteiger partial charge in [0, 0.05) is 0 Å². The van der Waals surface area contributed by atoms with Crippen LogP contribution in [-0.2, 0) is 62.3 Å². The summed E-state index contributed by atoms with van der Waals surface area (Å²) in [4.78, 5) is 162. The van der Waals surface area contributed by atoms with E-state index in [0.29, 0.717) is 12.8 Å². The number of carbonyl (C=O) groups excluding carboxylic acids is 10. The molecule has 0 spiro atoms. The standard InChI is InChI=1S/C51H87ClN12O19/c1-4-6-7-8-9-10-11-12-13-16-28(66)23-36(68)56-34-26-83-51(82)39(35(67)25-52)63-49(79)40(41(71)50(80)81)64-42(72)29(5-2)57-48(78)38(27(3)65)62-45(75)32(19-22-55)59-43(73)30(17-14-15-20-53)58-46(76)33(24-37(69)70)61-44(74)31(18-21-54)60-47(34)77/h5,27-28,30-35,38-41,65-67,71H,4,6-26,53-55H2,1-3H3,(H,56,68)(H,57,78)(H,58,76)(H,59,73)(H,60,77)(H,61,74)(H,62,75)(H,63,79)(H,64,72)(H,69,70)(H,80,81)/b29-5-/t27-,28-,30+,31-,32+,33+,34+,35-,38+,39+,40+,41+/m1/s1. The van der Waals surface area contributed by atoms with Gasteiger partial charge in [-0.25, -0.2) is 9.59 Å². The predicted molar refractivity (Wildman–Crippen MR) is 295 cm³/mol. The van der Waals surface area contributed by atoms with Crippen LogP contribution in [0.1, 0.15) is 130 Å². The highest BCUT2D eigenvalue weighted by molar-refractivity contribution is 6.18. The highest BCUT2D eigenvalue weighted by Gasteiger charge is 2.41. The van der Waals surface area contributed by atoms with Crippen LogP contribution in [0.2, 0.25) is 0 Å². The van der Waals surface area contributed by atoms with Crippen molar-refractivity contribution < 1.29 is 92.9 Å². The number of esters is 1. The third kappa shape index (κ3) is 28.0. The summed E-state index contributed by atoms with van der Waals surface area (Å²) in [5, 5.41) is 82.1. The summed E-state index contributed by atoms with van der Waals surface area (Å²) in [6.07, 6.45) is -0.358. The zero-order valence-corrected chi connectivity index (χ0v) is 47.9. The molecule has 0 aromatic rings. The van der Waals surface area contributed by atoms with Crippen LogP contribution in [0.5, 0.6) is 0 Å². The van der Waals surface area contributed by atoms with Gasteiger partial charge in [-0.1, -0.05) is 70.8 Å². The normalized spacial score (nSPS) is 24.5. The van der Waals surface area contributed by atoms with Crippen LogP contribution in [0, 0.1) is 0 Å². The smallest absolute Gasteiger partial charge is 0.335 e. The number of carbonyl (C=O) groups is 12. The monoisotopic (exact) mass is 1210 g/mol. The number of carboxylic acid groups (broad SMARTS) is 2. The lowest BCUT2D eigenvalue weighted by Gasteiger charge is -2.28. The molecule has 9 amide bonds. The average molecular weight is 1210 g/mol. The molecule has 0 bridgehead atoms. The molecule has 1 aliphatic heterocycles. The number of aliphatic hydroxyl groups excluding tert-OH is 4. The van der Waals surface area contributed by atoms with Gasteiger partial charge < -0.3 is 100 Å². The van der Waals surface area contributed by atoms with E-state index in [1.54, 1.807) is 0 Å². The lowest BCUT2D eigenvalue weighted by atomic mass is 10.0. The fourth-order valence-corrected chi connectivity index (χ4v) is 8.41. The number of aliphatic hydroxyl groups is 4. The minimum absolute atomic E-state index is 0.123. The van der Waals surface area contributed by atoms with Crippen LogP contribution >= 0.6 is 11.6 Å². The first-order valence-electron chi connectivity index (χ1n) is 27.7. The van der Waals surface area contributed by atoms with Crippen molar-refractivity contribution in [1.82, 2.24) is 47.9 Å². The van der Waals surface area contributed by atoms with Crippen molar-refractivity contribution in [2.24, 2.45) is 17.2 Å². The molecule has 1 fully saturated rings. The fraction of sp³-hybridized carbons (Fsp3) is 0.725. The molecule has 1 aliphatic rings. The Morgan fingerprint density at radius 3 is 1.64 bits per heavy atom. The lowest BCUT2D eigenvalue weighted by Crippen LogP contribution is -2.62. The number of rotatable bonds is 28. The lowest BCUT2D eigenvalue weighted by molar-refractivity contribution is -0.155. The van der Waals surface area contributed by atoms with E-state index >= 15 is 0 Å². The number of hydrogen-bond acceptors (Lipinski definition) is 20. The molecular weight excluding hydrogens is 1120 g/mol. The van der Waals surface area contributed by atoms with Gasteiger partial charge in [0.15, 0.2) is 12.1 Å². The van der Waals surface area contributed by atoms with Crippen LogP contribution in [-0.4, -0.2) is 207 Å². The van der Waals surface area contributed by atoms with E-state index in [1.165, 1.54) is 6.92 Å². The maximum Gasteiger partial charge on any atom is 0.335 e. The number of unbranched alkanes of at least 4 members (excludes halogenated alkanes) is 9. The van der Waals surface area contributed by atoms with Crippen molar-refractivity contribution >= 4 is 82.7 Å². The SMILES string of the molecule is C/C=C1\NC(=O)[C@H]([C@@H](C)O)NC(=O)[C@H](CCN)NC(=O)[C@H](CCCCN)NC(=O)[C@H](CC(=O)O)NC(=O)[C@@H](CCN)NC(=O)[C@@H](NC(=O)C[C@H](O)CCCCCCCCCCC)COC(=O)[C@H]([C@H](O)CCl)NC(=O)[C@H]([C@H](O)C(=O)O)NC1=O. The minimum atomic E-state index is -2.83. The van der Waals surface area contributed by atoms with Gasteiger partial charge in [0.2, 0.25) is 47.3 Å². The molecule has 32 heteroatoms. The van der Waals surface area contributed by atoms with Crippen molar-refractivity contribution in [2.45, 2.75) is 203 Å². The molecule has 83 heavy (non-hydrogen) atoms. The topological polar surface area (TPSA) is 522 Å². The first kappa shape index (κ1) is 74.4. The molecule has 472 valence electrons. The van der Waals surface area contributed by atoms with Crippen molar-refractivity contribution in [2.75, 3.05) is 32.1 Å². The molecule has 1 saturated heterocycles. The fourth-order valence-electron chi connectivity index (χ4n) is 8.23. The Kier molecular flexibility index (Phi) is 36.4. The number of carboxylic acids is 2. The maximum atomic E-state index is 14.1. The van der Waals surface area contributed by atoms with Crippen molar-refractivity contribution in [3.8, 4) is 0 Å². The Morgan fingerprint density at radius 1 is 0.627 bits per heavy atom. The van der Waals surface area contributed by atoms with E-state index < -0.39 is 181 Å². The second-order valence-electron chi connectivity index (χ2n) is 19.9. The van der Waals surface area contributed by atoms with Gasteiger partial charge >= 0.3 is 17.9 Å². The largest absolute Gasteiger partial charge is 0.481 e. The van der Waals surface area contributed by atoms with Crippen LogP contribution in [0.15, 0.2) is 11.8 Å². The molecule has 21 N–H and O–H groups in total. The number of amides is 9. The summed E-state index contributed by atoms with van der Waals surface area (Å²) >= 11 is 5.85. The van der Waals surface area contributed by atoms with E-state index in [2.05, 4.69) is 44.1 Å². The summed E-state index contributed by atoms with van der Waals surface area (Å²) in [6, 6.07) is -15.8. The Labute approximate surface area is 485 Å². The number of halogens is 1. The zero-order valence-electron chi connectivity index (χ0n) is 47.2. The average Bonchev–Trinajstić information content (AvgIpc) is 3.52. The van der Waals surface area contributed by atoms with Crippen molar-refractivity contribution in [1.29, 1.82) is 0 Å². The van der Waals surface area contributed by atoms with Gasteiger partial charge in [-0.05, 0) is 72.0 Å². The van der Waals surface area contributed by atoms with Gasteiger partial charge in [0.05, 0.1) is 37.0 Å². The van der Waals surface area contributed by atoms with Gasteiger partial charge in [0.25, 0.3) is 5.91 Å². The molecule has 0 aliphatic carbocycles. The highest BCUT2D eigenvalue weighted by Crippen LogP contribution is 2.14. The highest BCUT2D eigenvalue weighted by atomic mass is 35.5. The summed E-state index contributed by atoms with van der Waals surface area (Å²) < 4.78 is 5.27. The third-order valence-electron chi connectivity index (χ3n) is 13.0. The molecule has 0 aromatic carbocycles. The molecule has 12 atom stereocenters. The molecule has 1 rings (SSSR count). The van der Waals surface area contributed by atoms with Crippen LogP contribution < -0.4 is 65.1 Å². The van der Waals surface area contributed by atoms with E-state index in [4.69, 9.17) is 33.5 Å². The number of alkyl halides is 1. The molecular formula is C51H87ClN12O19. The molecule has 0 aromatic heterocycles. The van der Waals surface area contributed by atoms with Gasteiger partial charge in [-0.2, -0.15) is 0 Å². The molecule has 0 saturated carbocycles. The number of hydrogen-bond donors (Lipinski definition) is 18. The van der Waals surface area contributed by atoms with E-state index in [-0.39, 0.29) is 45.3 Å². The molecule has 1 heterocycles. The second-order valence-corrected chi connectivity index (χ2v) is 20.2. The number of cyclic esters (lactones) is 1. The Hall–Kier alpha value is -6.61. The Bertz CT molecular complexity index is 2190. The summed E-state index contributed by atoms with van der Waals surface area (Å²) in [7, 11) is 0. The van der Waals surface area contributed by atoms with Crippen LogP contribution in [0.4, 0.5) is 0 Å². The van der Waals surface area contributed by atoms with Gasteiger partial charge in [0.1, 0.15) is 54.6 Å². The summed E-state index contributed by atoms with van der Waals surface area (Å²) in [5.74, 6) is -17.8. The van der Waals surface area contributed by atoms with E-state index in [1.807, 2.05) is 10.6 Å². The van der Waals surface area contributed by atoms with E-state index in [9.17, 15) is 88.2 Å². The van der Waals surface area contributed by atoms with Crippen LogP contribution in [0.3, 0.4) is 0 Å². The maximum absolute atomic E-state index is 14.1. The first-order valence-corrected chi connectivity index (χ1v) is 28.2. The van der Waals surface area contributed by atoms with Crippen molar-refractivity contribution in [3.05, 3.63) is 11.8 Å². The molecule has 0 unspecified atom stereocenters. The second kappa shape index (κ2) is 40.6. The van der Waals surface area contributed by atoms with Gasteiger partial charge in [-0.3, -0.25) is 47.9 Å². The summed E-state index contributed by atoms with van der Waals surface area (Å²) in [5.41, 5.74) is 16.4. The number of allylic oxidation sites excluding steroid dienone is 1. The Morgan fingerprint density at radius 2 is 1.13 bits per heavy atom. The zero-order chi connectivity index (χ0) is 62.8. The predicted octanol–water partition coefficient (Wildman–Crippen LogP) is -5.16. The van der Waals surface area contributed by atoms with E-state index in [0.717, 1.165) is 64.4 Å².